The van der Waals surface area contributed by atoms with Crippen molar-refractivity contribution in [2.75, 3.05) is 32.7 Å². The molecular weight excluding hydrogens is 576 g/mol. The lowest BCUT2D eigenvalue weighted by Gasteiger charge is -2.23. The maximum Gasteiger partial charge on any atom is 0.222 e. The quantitative estimate of drug-likeness (QED) is 0.0668. The third kappa shape index (κ3) is 28.2. The Hall–Kier alpha value is -1.36. The summed E-state index contributed by atoms with van der Waals surface area (Å²) in [4.78, 5) is 22.4. The fourth-order valence-electron chi connectivity index (χ4n) is 6.88. The van der Waals surface area contributed by atoms with E-state index < -0.39 is 0 Å². The van der Waals surface area contributed by atoms with Gasteiger partial charge in [-0.3, -0.25) is 4.79 Å². The van der Waals surface area contributed by atoms with E-state index in [-0.39, 0.29) is 0 Å². The van der Waals surface area contributed by atoms with Crippen LogP contribution in [0.2, 0.25) is 0 Å². The van der Waals surface area contributed by atoms with Crippen LogP contribution in [0.5, 0.6) is 0 Å². The number of hydrogen-bond donors (Lipinski definition) is 0. The van der Waals surface area contributed by atoms with Gasteiger partial charge >= 0.3 is 0 Å². The van der Waals surface area contributed by atoms with E-state index >= 15 is 0 Å². The summed E-state index contributed by atoms with van der Waals surface area (Å²) in [5.74, 6) is 0.430. The molecule has 0 unspecified atom stereocenters. The topological polar surface area (TPSA) is 41.4 Å². The molecule has 0 bridgehead atoms. The zero-order chi connectivity index (χ0) is 33.9. The second-order valence-electron chi connectivity index (χ2n) is 14.6. The minimum atomic E-state index is 0.430. The first-order valence-electron chi connectivity index (χ1n) is 21.2. The molecule has 0 aromatic carbocycles. The Balaban J connectivity index is 2.30. The van der Waals surface area contributed by atoms with Crippen LogP contribution in [0.3, 0.4) is 0 Å². The second-order valence-corrected chi connectivity index (χ2v) is 14.6. The molecule has 0 aliphatic carbocycles. The summed E-state index contributed by atoms with van der Waals surface area (Å²) in [6, 6.07) is 0. The van der Waals surface area contributed by atoms with Crippen LogP contribution in [0.15, 0.2) is 18.7 Å². The normalized spacial score (nSPS) is 11.6. The largest absolute Gasteiger partial charge is 0.343 e. The van der Waals surface area contributed by atoms with E-state index in [2.05, 4.69) is 46.3 Å². The van der Waals surface area contributed by atoms with Crippen LogP contribution >= 0.6 is 0 Å². The number of hydrogen-bond acceptors (Lipinski definition) is 3. The molecule has 0 spiro atoms. The zero-order valence-corrected chi connectivity index (χ0v) is 32.2. The molecule has 5 heteroatoms. The minimum absolute atomic E-state index is 0.430. The molecule has 0 atom stereocenters. The van der Waals surface area contributed by atoms with Gasteiger partial charge in [-0.2, -0.15) is 0 Å². The molecule has 1 aromatic rings. The van der Waals surface area contributed by atoms with Crippen molar-refractivity contribution >= 4 is 5.91 Å². The summed E-state index contributed by atoms with van der Waals surface area (Å²) in [7, 11) is 0. The molecule has 0 N–H and O–H groups in total. The Labute approximate surface area is 294 Å². The Morgan fingerprint density at radius 1 is 0.489 bits per heavy atom. The van der Waals surface area contributed by atoms with Crippen LogP contribution in [0.1, 0.15) is 207 Å². The Morgan fingerprint density at radius 3 is 1.30 bits per heavy atom. The molecule has 0 aliphatic heterocycles. The van der Waals surface area contributed by atoms with Gasteiger partial charge in [0.1, 0.15) is 0 Å². The lowest BCUT2D eigenvalue weighted by molar-refractivity contribution is -0.131. The first kappa shape index (κ1) is 43.7. The highest BCUT2D eigenvalue weighted by atomic mass is 16.2. The standard InChI is InChI=1S/C42H82N4O/c1-4-7-10-13-16-18-24-29-38-46(39-30-25-19-17-14-11-8-5-2)42(47)32-26-21-20-23-28-35-44(34-27-22-15-12-9-6-3)36-31-37-45-40-33-43-41-45/h33,40-41H,4-32,34-39H2,1-3H3. The van der Waals surface area contributed by atoms with Crippen molar-refractivity contribution in [3.8, 4) is 0 Å². The number of aryl methyl sites for hydroxylation is 1. The van der Waals surface area contributed by atoms with E-state index in [0.717, 1.165) is 32.5 Å². The average molecular weight is 659 g/mol. The van der Waals surface area contributed by atoms with Crippen LogP contribution in [0.25, 0.3) is 0 Å². The van der Waals surface area contributed by atoms with Crippen LogP contribution in [-0.4, -0.2) is 58.0 Å². The molecule has 0 aliphatic rings. The molecular formula is C42H82N4O. The number of imidazole rings is 1. The second kappa shape index (κ2) is 34.5. The molecule has 0 radical (unpaired) electrons. The van der Waals surface area contributed by atoms with Gasteiger partial charge in [0.2, 0.25) is 5.91 Å². The van der Waals surface area contributed by atoms with E-state index in [1.165, 1.54) is 193 Å². The number of carbonyl (C=O) groups excluding carboxylic acids is 1. The SMILES string of the molecule is CCCCCCCCCCN(CCCCCCCCCC)C(=O)CCCCCCCN(CCCCCCCC)CCCn1ccnc1. The summed E-state index contributed by atoms with van der Waals surface area (Å²) >= 11 is 0. The average Bonchev–Trinajstić information content (AvgIpc) is 3.60. The van der Waals surface area contributed by atoms with Gasteiger partial charge in [0.05, 0.1) is 6.33 Å². The maximum atomic E-state index is 13.3. The fourth-order valence-corrected chi connectivity index (χ4v) is 6.88. The Kier molecular flexibility index (Phi) is 32.1. The zero-order valence-electron chi connectivity index (χ0n) is 32.2. The lowest BCUT2D eigenvalue weighted by Crippen LogP contribution is -2.32. The minimum Gasteiger partial charge on any atom is -0.343 e. The molecule has 1 aromatic heterocycles. The third-order valence-corrected chi connectivity index (χ3v) is 10.1. The van der Waals surface area contributed by atoms with Crippen molar-refractivity contribution in [1.29, 1.82) is 0 Å². The van der Waals surface area contributed by atoms with Gasteiger partial charge < -0.3 is 14.4 Å². The maximum absolute atomic E-state index is 13.3. The predicted molar refractivity (Wildman–Crippen MR) is 206 cm³/mol. The van der Waals surface area contributed by atoms with Gasteiger partial charge in [-0.25, -0.2) is 4.98 Å². The lowest BCUT2D eigenvalue weighted by atomic mass is 10.1. The monoisotopic (exact) mass is 659 g/mol. The number of aromatic nitrogens is 2. The van der Waals surface area contributed by atoms with Crippen LogP contribution in [0.4, 0.5) is 0 Å². The van der Waals surface area contributed by atoms with Gasteiger partial charge in [-0.15, -0.1) is 0 Å². The molecule has 47 heavy (non-hydrogen) atoms. The summed E-state index contributed by atoms with van der Waals surface area (Å²) in [5.41, 5.74) is 0. The number of amides is 1. The molecule has 0 saturated heterocycles. The highest BCUT2D eigenvalue weighted by molar-refractivity contribution is 5.76. The molecule has 0 fully saturated rings. The van der Waals surface area contributed by atoms with E-state index in [9.17, 15) is 4.79 Å². The number of rotatable bonds is 37. The Bertz CT molecular complexity index is 732. The summed E-state index contributed by atoms with van der Waals surface area (Å²) in [5, 5.41) is 0. The molecule has 0 saturated carbocycles. The number of unbranched alkanes of at least 4 members (excludes halogenated alkanes) is 23. The van der Waals surface area contributed by atoms with Gasteiger partial charge in [0.25, 0.3) is 0 Å². The molecule has 5 nitrogen and oxygen atoms in total. The van der Waals surface area contributed by atoms with E-state index in [4.69, 9.17) is 0 Å². The fraction of sp³-hybridized carbons (Fsp3) is 0.905. The molecule has 1 rings (SSSR count). The van der Waals surface area contributed by atoms with E-state index in [1.54, 1.807) is 0 Å². The summed E-state index contributed by atoms with van der Waals surface area (Å²) < 4.78 is 2.20. The van der Waals surface area contributed by atoms with Gasteiger partial charge in [-0.1, -0.05) is 162 Å². The summed E-state index contributed by atoms with van der Waals surface area (Å²) in [6.07, 6.45) is 43.5. The van der Waals surface area contributed by atoms with Crippen LogP contribution in [0, 0.1) is 0 Å². The predicted octanol–water partition coefficient (Wildman–Crippen LogP) is 12.4. The Morgan fingerprint density at radius 2 is 0.872 bits per heavy atom. The smallest absolute Gasteiger partial charge is 0.222 e. The van der Waals surface area contributed by atoms with Gasteiger partial charge in [0, 0.05) is 38.4 Å². The van der Waals surface area contributed by atoms with Crippen molar-refractivity contribution in [1.82, 2.24) is 19.4 Å². The van der Waals surface area contributed by atoms with Crippen LogP contribution < -0.4 is 0 Å². The van der Waals surface area contributed by atoms with E-state index in [0.29, 0.717) is 5.91 Å². The first-order chi connectivity index (χ1) is 23.2. The molecule has 276 valence electrons. The van der Waals surface area contributed by atoms with Gasteiger partial charge in [-0.05, 0) is 58.2 Å². The van der Waals surface area contributed by atoms with Gasteiger partial charge in [0.15, 0.2) is 0 Å². The highest BCUT2D eigenvalue weighted by Crippen LogP contribution is 2.14. The number of nitrogens with zero attached hydrogens (tertiary/aromatic N) is 4. The third-order valence-electron chi connectivity index (χ3n) is 10.1. The van der Waals surface area contributed by atoms with Crippen molar-refractivity contribution in [2.45, 2.75) is 214 Å². The summed E-state index contributed by atoms with van der Waals surface area (Å²) in [6.45, 7) is 13.6. The molecule has 1 heterocycles. The number of carbonyl (C=O) groups is 1. The van der Waals surface area contributed by atoms with Crippen molar-refractivity contribution in [2.24, 2.45) is 0 Å². The van der Waals surface area contributed by atoms with Crippen molar-refractivity contribution in [3.63, 3.8) is 0 Å². The molecule has 1 amide bonds. The first-order valence-corrected chi connectivity index (χ1v) is 21.2. The van der Waals surface area contributed by atoms with Crippen LogP contribution in [-0.2, 0) is 11.3 Å². The van der Waals surface area contributed by atoms with Crippen molar-refractivity contribution < 1.29 is 4.79 Å². The van der Waals surface area contributed by atoms with Crippen molar-refractivity contribution in [3.05, 3.63) is 18.7 Å². The highest BCUT2D eigenvalue weighted by Gasteiger charge is 2.13. The van der Waals surface area contributed by atoms with E-state index in [1.807, 2.05) is 12.5 Å².